The van der Waals surface area contributed by atoms with Gasteiger partial charge in [0.25, 0.3) is 0 Å². The summed E-state index contributed by atoms with van der Waals surface area (Å²) >= 11 is 0. The second kappa shape index (κ2) is 11.1. The topological polar surface area (TPSA) is 126 Å². The van der Waals surface area contributed by atoms with Crippen molar-refractivity contribution in [2.24, 2.45) is 17.8 Å². The van der Waals surface area contributed by atoms with E-state index >= 15 is 0 Å². The average molecular weight is 475 g/mol. The van der Waals surface area contributed by atoms with Crippen molar-refractivity contribution in [2.75, 3.05) is 13.2 Å². The Morgan fingerprint density at radius 2 is 2.00 bits per heavy atom. The quantitative estimate of drug-likeness (QED) is 0.232. The summed E-state index contributed by atoms with van der Waals surface area (Å²) in [5.41, 5.74) is -0.634. The van der Waals surface area contributed by atoms with Gasteiger partial charge in [-0.2, -0.15) is 0 Å². The summed E-state index contributed by atoms with van der Waals surface area (Å²) in [6.07, 6.45) is 3.90. The number of phenolic OH excluding ortho intramolecular Hbond substituents is 1. The lowest BCUT2D eigenvalue weighted by Crippen LogP contribution is -2.54. The van der Waals surface area contributed by atoms with Gasteiger partial charge in [-0.15, -0.1) is 0 Å². The van der Waals surface area contributed by atoms with Gasteiger partial charge in [0.05, 0.1) is 31.2 Å². The number of carbonyl (C=O) groups excluding carboxylic acids is 1. The van der Waals surface area contributed by atoms with Crippen LogP contribution < -0.4 is 0 Å². The number of ether oxygens (including phenoxy) is 3. The van der Waals surface area contributed by atoms with Crippen LogP contribution in [0.25, 0.3) is 6.08 Å². The van der Waals surface area contributed by atoms with E-state index in [0.717, 1.165) is 6.42 Å². The van der Waals surface area contributed by atoms with Crippen LogP contribution in [0.1, 0.15) is 38.7 Å². The predicted molar refractivity (Wildman–Crippen MR) is 125 cm³/mol. The maximum Gasteiger partial charge on any atom is 0.331 e. The van der Waals surface area contributed by atoms with E-state index in [0.29, 0.717) is 29.2 Å². The van der Waals surface area contributed by atoms with Gasteiger partial charge in [-0.3, -0.25) is 0 Å². The van der Waals surface area contributed by atoms with E-state index in [-0.39, 0.29) is 18.8 Å². The third kappa shape index (κ3) is 5.63. The van der Waals surface area contributed by atoms with E-state index in [1.54, 1.807) is 12.1 Å². The number of aliphatic hydroxyl groups is 3. The zero-order valence-electron chi connectivity index (χ0n) is 19.6. The van der Waals surface area contributed by atoms with Crippen LogP contribution in [0.2, 0.25) is 0 Å². The first-order chi connectivity index (χ1) is 16.2. The molecule has 8 nitrogen and oxygen atoms in total. The number of hydrogen-bond donors (Lipinski definition) is 4. The normalized spacial score (nSPS) is 29.1. The molecule has 1 aromatic rings. The number of phenols is 1. The lowest BCUT2D eigenvalue weighted by atomic mass is 9.80. The van der Waals surface area contributed by atoms with Crippen molar-refractivity contribution in [3.8, 4) is 5.75 Å². The Kier molecular flexibility index (Phi) is 8.41. The Morgan fingerprint density at radius 1 is 1.29 bits per heavy atom. The molecule has 8 heteroatoms. The lowest BCUT2D eigenvalue weighted by Gasteiger charge is -2.40. The molecule has 1 saturated carbocycles. The van der Waals surface area contributed by atoms with Gasteiger partial charge in [-0.1, -0.05) is 39.0 Å². The van der Waals surface area contributed by atoms with Crippen molar-refractivity contribution in [3.63, 3.8) is 0 Å². The first-order valence-electron chi connectivity index (χ1n) is 11.5. The van der Waals surface area contributed by atoms with E-state index in [4.69, 9.17) is 14.2 Å². The van der Waals surface area contributed by atoms with Crippen molar-refractivity contribution in [3.05, 3.63) is 60.1 Å². The number of carbonyl (C=O) groups is 1. The van der Waals surface area contributed by atoms with Crippen LogP contribution in [0.3, 0.4) is 0 Å². The molecule has 34 heavy (non-hydrogen) atoms. The minimum Gasteiger partial charge on any atom is -0.508 e. The van der Waals surface area contributed by atoms with Crippen LogP contribution in [0.15, 0.2) is 54.5 Å². The Morgan fingerprint density at radius 3 is 2.62 bits per heavy atom. The average Bonchev–Trinajstić information content (AvgIpc) is 3.11. The summed E-state index contributed by atoms with van der Waals surface area (Å²) in [5.74, 6) is -0.938. The predicted octanol–water partition coefficient (Wildman–Crippen LogP) is 2.88. The van der Waals surface area contributed by atoms with Crippen LogP contribution in [-0.4, -0.2) is 57.6 Å². The highest BCUT2D eigenvalue weighted by Crippen LogP contribution is 2.50. The number of allylic oxidation sites excluding steroid dienone is 1. The van der Waals surface area contributed by atoms with Crippen molar-refractivity contribution in [2.45, 2.75) is 51.1 Å². The number of esters is 1. The number of fused-ring (bicyclic) bond motifs is 1. The van der Waals surface area contributed by atoms with E-state index < -0.39 is 42.4 Å². The molecule has 0 spiro atoms. The third-order valence-electron chi connectivity index (χ3n) is 6.71. The Labute approximate surface area is 199 Å². The Bertz CT molecular complexity index is 921. The molecule has 1 heterocycles. The molecular weight excluding hydrogens is 440 g/mol. The van der Waals surface area contributed by atoms with Crippen molar-refractivity contribution in [1.29, 1.82) is 0 Å². The molecular formula is C26H34O8. The zero-order valence-corrected chi connectivity index (χ0v) is 19.6. The number of benzene rings is 1. The molecule has 4 N–H and O–H groups in total. The van der Waals surface area contributed by atoms with Gasteiger partial charge in [0, 0.05) is 18.4 Å². The first-order valence-corrected chi connectivity index (χ1v) is 11.5. The summed E-state index contributed by atoms with van der Waals surface area (Å²) in [5, 5.41) is 40.8. The van der Waals surface area contributed by atoms with E-state index in [1.165, 1.54) is 30.5 Å². The van der Waals surface area contributed by atoms with Gasteiger partial charge in [0.2, 0.25) is 6.29 Å². The molecule has 0 aromatic heterocycles. The Hall–Kier alpha value is -2.81. The lowest BCUT2D eigenvalue weighted by molar-refractivity contribution is -0.210. The molecule has 6 atom stereocenters. The Balaban J connectivity index is 1.77. The van der Waals surface area contributed by atoms with Crippen LogP contribution in [0.5, 0.6) is 5.75 Å². The van der Waals surface area contributed by atoms with E-state index in [2.05, 4.69) is 20.4 Å². The second-order valence-corrected chi connectivity index (χ2v) is 9.10. The summed E-state index contributed by atoms with van der Waals surface area (Å²) in [6.45, 7) is 7.12. The fourth-order valence-corrected chi connectivity index (χ4v) is 4.57. The fourth-order valence-electron chi connectivity index (χ4n) is 4.57. The molecule has 1 aliphatic carbocycles. The maximum absolute atomic E-state index is 12.5. The molecule has 6 unspecified atom stereocenters. The van der Waals surface area contributed by atoms with Crippen molar-refractivity contribution < 1.29 is 39.4 Å². The number of hydrogen-bond acceptors (Lipinski definition) is 8. The van der Waals surface area contributed by atoms with Crippen molar-refractivity contribution >= 4 is 12.0 Å². The summed E-state index contributed by atoms with van der Waals surface area (Å²) < 4.78 is 17.2. The van der Waals surface area contributed by atoms with Gasteiger partial charge in [-0.25, -0.2) is 4.79 Å². The highest BCUT2D eigenvalue weighted by molar-refractivity contribution is 5.87. The number of aromatic hydroxyl groups is 1. The molecule has 0 amide bonds. The van der Waals surface area contributed by atoms with Gasteiger partial charge >= 0.3 is 5.97 Å². The minimum absolute atomic E-state index is 0.111. The maximum atomic E-state index is 12.5. The summed E-state index contributed by atoms with van der Waals surface area (Å²) in [7, 11) is 0. The van der Waals surface area contributed by atoms with Gasteiger partial charge < -0.3 is 34.6 Å². The number of rotatable bonds is 10. The molecule has 3 rings (SSSR count). The molecule has 1 aliphatic heterocycles. The van der Waals surface area contributed by atoms with Crippen molar-refractivity contribution in [1.82, 2.24) is 0 Å². The van der Waals surface area contributed by atoms with E-state index in [1.807, 2.05) is 0 Å². The van der Waals surface area contributed by atoms with Crippen LogP contribution in [-0.2, 0) is 19.0 Å². The molecule has 0 radical (unpaired) electrons. The molecule has 0 saturated heterocycles. The van der Waals surface area contributed by atoms with Crippen LogP contribution in [0, 0.1) is 17.8 Å². The van der Waals surface area contributed by atoms with Gasteiger partial charge in [0.15, 0.2) is 0 Å². The number of aliphatic hydroxyl groups excluding tert-OH is 2. The van der Waals surface area contributed by atoms with E-state index in [9.17, 15) is 25.2 Å². The standard InChI is InChI=1S/C26H34O8/c1-4-16(2)11-17(3)33-25-24-21(19(13-27)14-32-25)12-22(26(24,31)15-28)34-23(30)10-7-18-5-8-20(29)9-6-18/h5-10,14,16,21-22,24-25,27-29,31H,3-4,11-13,15H2,1-2H3. The first kappa shape index (κ1) is 25.8. The smallest absolute Gasteiger partial charge is 0.331 e. The highest BCUT2D eigenvalue weighted by atomic mass is 16.7. The molecule has 186 valence electrons. The molecule has 1 fully saturated rings. The van der Waals surface area contributed by atoms with Crippen LogP contribution in [0.4, 0.5) is 0 Å². The minimum atomic E-state index is -1.84. The highest BCUT2D eigenvalue weighted by Gasteiger charge is 2.62. The van der Waals surface area contributed by atoms with Crippen LogP contribution >= 0.6 is 0 Å². The monoisotopic (exact) mass is 474 g/mol. The zero-order chi connectivity index (χ0) is 24.9. The summed E-state index contributed by atoms with van der Waals surface area (Å²) in [4.78, 5) is 12.5. The largest absolute Gasteiger partial charge is 0.508 e. The van der Waals surface area contributed by atoms with Gasteiger partial charge in [0.1, 0.15) is 17.5 Å². The molecule has 0 bridgehead atoms. The van der Waals surface area contributed by atoms with Gasteiger partial charge in [-0.05, 0) is 41.7 Å². The molecule has 1 aromatic carbocycles. The molecule has 2 aliphatic rings. The SMILES string of the molecule is C=C(CC(C)CC)OC1OC=C(CO)C2CC(OC(=O)C=Cc3ccc(O)cc3)C(O)(CO)C12. The fraction of sp³-hybridized carbons (Fsp3) is 0.500. The summed E-state index contributed by atoms with van der Waals surface area (Å²) in [6, 6.07) is 6.26. The second-order valence-electron chi connectivity index (χ2n) is 9.10. The third-order valence-corrected chi connectivity index (χ3v) is 6.71.